The van der Waals surface area contributed by atoms with Gasteiger partial charge in [0.1, 0.15) is 6.04 Å². The van der Waals surface area contributed by atoms with Crippen molar-refractivity contribution in [1.29, 1.82) is 0 Å². The van der Waals surface area contributed by atoms with E-state index in [9.17, 15) is 14.4 Å². The average Bonchev–Trinajstić information content (AvgIpc) is 3.26. The van der Waals surface area contributed by atoms with Crippen LogP contribution in [0.25, 0.3) is 0 Å². The maximum atomic E-state index is 13.0. The number of carbonyl (C=O) groups is 3. The molecule has 7 nitrogen and oxygen atoms in total. The van der Waals surface area contributed by atoms with E-state index in [1.165, 1.54) is 16.7 Å². The molecule has 3 aliphatic rings. The van der Waals surface area contributed by atoms with E-state index in [0.717, 1.165) is 42.8 Å². The van der Waals surface area contributed by atoms with Crippen molar-refractivity contribution in [3.05, 3.63) is 105 Å². The molecule has 2 saturated heterocycles. The van der Waals surface area contributed by atoms with E-state index in [1.807, 2.05) is 12.1 Å². The van der Waals surface area contributed by atoms with Crippen molar-refractivity contribution in [2.45, 2.75) is 38.0 Å². The number of nitrogens with one attached hydrogen (secondary N) is 1. The number of hydrogen-bond acceptors (Lipinski definition) is 5. The van der Waals surface area contributed by atoms with Gasteiger partial charge in [-0.2, -0.15) is 0 Å². The van der Waals surface area contributed by atoms with E-state index in [0.29, 0.717) is 18.5 Å². The summed E-state index contributed by atoms with van der Waals surface area (Å²) in [5, 5.41) is 2.37. The van der Waals surface area contributed by atoms with Crippen molar-refractivity contribution >= 4 is 33.7 Å². The lowest BCUT2D eigenvalue weighted by Crippen LogP contribution is -2.52. The van der Waals surface area contributed by atoms with Gasteiger partial charge in [0.15, 0.2) is 0 Å². The summed E-state index contributed by atoms with van der Waals surface area (Å²) in [6.45, 7) is 5.07. The number of piperidine rings is 1. The Hall–Kier alpha value is -3.33. The number of carbonyl (C=O) groups excluding carboxylic acids is 3. The first-order valence-electron chi connectivity index (χ1n) is 13.5. The van der Waals surface area contributed by atoms with Crippen LogP contribution in [0.15, 0.2) is 77.3 Å². The van der Waals surface area contributed by atoms with Crippen LogP contribution < -0.4 is 5.32 Å². The lowest BCUT2D eigenvalue weighted by Gasteiger charge is -2.40. The van der Waals surface area contributed by atoms with Crippen LogP contribution >= 0.6 is 15.9 Å². The van der Waals surface area contributed by atoms with Gasteiger partial charge >= 0.3 is 0 Å². The molecule has 0 radical (unpaired) electrons. The molecule has 0 bridgehead atoms. The number of nitrogens with zero attached hydrogens (tertiary/aromatic N) is 3. The first-order valence-corrected chi connectivity index (χ1v) is 14.3. The Morgan fingerprint density at radius 2 is 1.59 bits per heavy atom. The molecule has 2 unspecified atom stereocenters. The van der Waals surface area contributed by atoms with Gasteiger partial charge in [-0.05, 0) is 46.9 Å². The molecule has 0 saturated carbocycles. The van der Waals surface area contributed by atoms with Crippen molar-refractivity contribution in [1.82, 2.24) is 20.0 Å². The highest BCUT2D eigenvalue weighted by atomic mass is 79.9. The van der Waals surface area contributed by atoms with Crippen LogP contribution in [-0.2, 0) is 22.7 Å². The molecule has 39 heavy (non-hydrogen) atoms. The zero-order valence-electron chi connectivity index (χ0n) is 21.7. The van der Waals surface area contributed by atoms with Gasteiger partial charge in [-0.15, -0.1) is 0 Å². The third-order valence-electron chi connectivity index (χ3n) is 8.07. The van der Waals surface area contributed by atoms with E-state index >= 15 is 0 Å². The third-order valence-corrected chi connectivity index (χ3v) is 8.60. The van der Waals surface area contributed by atoms with Gasteiger partial charge in [0.25, 0.3) is 5.91 Å². The minimum absolute atomic E-state index is 0.125. The summed E-state index contributed by atoms with van der Waals surface area (Å²) in [5.41, 5.74) is 5.39. The van der Waals surface area contributed by atoms with Gasteiger partial charge in [-0.1, -0.05) is 70.5 Å². The molecule has 0 aliphatic carbocycles. The van der Waals surface area contributed by atoms with Crippen LogP contribution in [0, 0.1) is 0 Å². The summed E-state index contributed by atoms with van der Waals surface area (Å²) < 4.78 is 1.08. The van der Waals surface area contributed by atoms with Crippen LogP contribution in [0.1, 0.15) is 51.5 Å². The summed E-state index contributed by atoms with van der Waals surface area (Å²) in [6.07, 6.45) is 0.645. The normalized spacial score (nSPS) is 21.1. The predicted octanol–water partition coefficient (Wildman–Crippen LogP) is 4.12. The fourth-order valence-corrected chi connectivity index (χ4v) is 6.32. The second-order valence-corrected chi connectivity index (χ2v) is 11.5. The average molecular weight is 588 g/mol. The van der Waals surface area contributed by atoms with Crippen molar-refractivity contribution in [2.24, 2.45) is 0 Å². The molecule has 8 heteroatoms. The number of hydrogen-bond donors (Lipinski definition) is 1. The maximum absolute atomic E-state index is 13.0. The summed E-state index contributed by atoms with van der Waals surface area (Å²) in [4.78, 5) is 43.6. The molecule has 6 rings (SSSR count). The number of fused-ring (bicyclic) bond motifs is 1. The Kier molecular flexibility index (Phi) is 7.34. The third kappa shape index (κ3) is 5.41. The van der Waals surface area contributed by atoms with Crippen LogP contribution in [0.4, 0.5) is 0 Å². The Morgan fingerprint density at radius 3 is 2.31 bits per heavy atom. The zero-order chi connectivity index (χ0) is 26.9. The van der Waals surface area contributed by atoms with Crippen LogP contribution in [-0.4, -0.2) is 64.6 Å². The Bertz CT molecular complexity index is 1390. The molecule has 3 amide bonds. The Balaban J connectivity index is 1.11. The van der Waals surface area contributed by atoms with Crippen molar-refractivity contribution in [3.63, 3.8) is 0 Å². The lowest BCUT2D eigenvalue weighted by atomic mass is 9.96. The molecule has 1 N–H and O–H groups in total. The minimum Gasteiger partial charge on any atom is -0.322 e. The Labute approximate surface area is 236 Å². The topological polar surface area (TPSA) is 73.0 Å². The molecule has 3 aliphatic heterocycles. The quantitative estimate of drug-likeness (QED) is 0.440. The standard InChI is InChI=1S/C31H31BrN4O3/c32-25-9-7-23(8-10-25)29(22-4-2-1-3-5-22)35-16-14-34(15-17-35)19-21-6-11-26-24(18-21)20-36(31(26)39)27-12-13-28(37)33-30(27)38/h1-11,18,27,29H,12-17,19-20H2,(H,33,37,38). The number of amides is 3. The van der Waals surface area contributed by atoms with Gasteiger partial charge in [0.2, 0.25) is 11.8 Å². The van der Waals surface area contributed by atoms with E-state index in [2.05, 4.69) is 91.7 Å². The van der Waals surface area contributed by atoms with Gasteiger partial charge in [-0.3, -0.25) is 29.5 Å². The summed E-state index contributed by atoms with van der Waals surface area (Å²) in [6, 6.07) is 25.0. The second-order valence-electron chi connectivity index (χ2n) is 10.6. The molecule has 0 aromatic heterocycles. The summed E-state index contributed by atoms with van der Waals surface area (Å²) in [7, 11) is 0. The molecular weight excluding hydrogens is 556 g/mol. The Morgan fingerprint density at radius 1 is 0.872 bits per heavy atom. The summed E-state index contributed by atoms with van der Waals surface area (Å²) >= 11 is 3.56. The van der Waals surface area contributed by atoms with Gasteiger partial charge in [0.05, 0.1) is 6.04 Å². The SMILES string of the molecule is O=C1CCC(N2Cc3cc(CN4CCN(C(c5ccccc5)c5ccc(Br)cc5)CC4)ccc3C2=O)C(=O)N1. The van der Waals surface area contributed by atoms with Crippen molar-refractivity contribution < 1.29 is 14.4 Å². The van der Waals surface area contributed by atoms with Crippen LogP contribution in [0.3, 0.4) is 0 Å². The molecule has 2 fully saturated rings. The molecule has 3 aromatic carbocycles. The van der Waals surface area contributed by atoms with E-state index < -0.39 is 6.04 Å². The van der Waals surface area contributed by atoms with Crippen LogP contribution in [0.5, 0.6) is 0 Å². The fraction of sp³-hybridized carbons (Fsp3) is 0.323. The largest absolute Gasteiger partial charge is 0.322 e. The highest BCUT2D eigenvalue weighted by Gasteiger charge is 2.39. The molecular formula is C31H31BrN4O3. The fourth-order valence-electron chi connectivity index (χ4n) is 6.06. The van der Waals surface area contributed by atoms with Crippen molar-refractivity contribution in [3.8, 4) is 0 Å². The first-order chi connectivity index (χ1) is 19.0. The van der Waals surface area contributed by atoms with E-state index in [1.54, 1.807) is 4.90 Å². The minimum atomic E-state index is -0.581. The van der Waals surface area contributed by atoms with Crippen LogP contribution in [0.2, 0.25) is 0 Å². The predicted molar refractivity (Wildman–Crippen MR) is 152 cm³/mol. The van der Waals surface area contributed by atoms with Gasteiger partial charge < -0.3 is 4.90 Å². The first kappa shape index (κ1) is 25.9. The number of piperazine rings is 1. The highest BCUT2D eigenvalue weighted by molar-refractivity contribution is 9.10. The zero-order valence-corrected chi connectivity index (χ0v) is 23.3. The maximum Gasteiger partial charge on any atom is 0.255 e. The van der Waals surface area contributed by atoms with Crippen molar-refractivity contribution in [2.75, 3.05) is 26.2 Å². The van der Waals surface area contributed by atoms with Gasteiger partial charge in [-0.25, -0.2) is 0 Å². The summed E-state index contributed by atoms with van der Waals surface area (Å²) in [5.74, 6) is -0.767. The monoisotopic (exact) mass is 586 g/mol. The molecule has 3 heterocycles. The highest BCUT2D eigenvalue weighted by Crippen LogP contribution is 2.32. The number of benzene rings is 3. The molecule has 200 valence electrons. The van der Waals surface area contributed by atoms with Gasteiger partial charge in [0, 0.05) is 55.7 Å². The van der Waals surface area contributed by atoms with E-state index in [-0.39, 0.29) is 30.2 Å². The second kappa shape index (κ2) is 11.0. The smallest absolute Gasteiger partial charge is 0.255 e. The lowest BCUT2D eigenvalue weighted by molar-refractivity contribution is -0.136. The van der Waals surface area contributed by atoms with E-state index in [4.69, 9.17) is 0 Å². The molecule has 2 atom stereocenters. The number of halogens is 1. The number of rotatable bonds is 6. The molecule has 0 spiro atoms. The molecule has 3 aromatic rings. The number of imide groups is 1.